The van der Waals surface area contributed by atoms with Crippen LogP contribution in [0.5, 0.6) is 0 Å². The Morgan fingerprint density at radius 1 is 1.09 bits per heavy atom. The predicted molar refractivity (Wildman–Crippen MR) is 95.4 cm³/mol. The fourth-order valence-corrected chi connectivity index (χ4v) is 2.31. The Balaban J connectivity index is 2.01. The van der Waals surface area contributed by atoms with E-state index in [1.165, 1.54) is 11.1 Å². The van der Waals surface area contributed by atoms with Gasteiger partial charge in [-0.1, -0.05) is 31.2 Å². The molecule has 0 fully saturated rings. The van der Waals surface area contributed by atoms with Gasteiger partial charge in [0.15, 0.2) is 5.11 Å². The molecule has 0 radical (unpaired) electrons. The van der Waals surface area contributed by atoms with Gasteiger partial charge in [-0.15, -0.1) is 0 Å². The molecule has 0 aromatic heterocycles. The average molecular weight is 312 g/mol. The van der Waals surface area contributed by atoms with Gasteiger partial charge >= 0.3 is 0 Å². The van der Waals surface area contributed by atoms with Crippen molar-refractivity contribution in [2.45, 2.75) is 27.2 Å². The summed E-state index contributed by atoms with van der Waals surface area (Å²) in [7, 11) is 0. The molecule has 0 heterocycles. The number of hydrogen-bond donors (Lipinski definition) is 2. The number of benzene rings is 2. The second-order valence-corrected chi connectivity index (χ2v) is 5.61. The van der Waals surface area contributed by atoms with E-state index in [0.717, 1.165) is 17.7 Å². The van der Waals surface area contributed by atoms with E-state index in [1.54, 1.807) is 0 Å². The molecule has 0 atom stereocenters. The van der Waals surface area contributed by atoms with Crippen molar-refractivity contribution in [1.29, 1.82) is 0 Å². The maximum Gasteiger partial charge on any atom is 0.257 e. The van der Waals surface area contributed by atoms with Crippen LogP contribution in [0, 0.1) is 13.8 Å². The lowest BCUT2D eigenvalue weighted by Crippen LogP contribution is -2.34. The minimum absolute atomic E-state index is 0.203. The summed E-state index contributed by atoms with van der Waals surface area (Å²) in [5, 5.41) is 6.09. The first-order valence-electron chi connectivity index (χ1n) is 7.28. The van der Waals surface area contributed by atoms with Crippen LogP contribution in [0.15, 0.2) is 42.5 Å². The quantitative estimate of drug-likeness (QED) is 0.842. The van der Waals surface area contributed by atoms with Gasteiger partial charge in [-0.2, -0.15) is 0 Å². The molecule has 3 nitrogen and oxygen atoms in total. The largest absolute Gasteiger partial charge is 0.332 e. The van der Waals surface area contributed by atoms with Crippen molar-refractivity contribution in [3.63, 3.8) is 0 Å². The molecular weight excluding hydrogens is 292 g/mol. The molecule has 0 spiro atoms. The van der Waals surface area contributed by atoms with Crippen molar-refractivity contribution < 1.29 is 4.79 Å². The van der Waals surface area contributed by atoms with Crippen molar-refractivity contribution in [2.24, 2.45) is 0 Å². The minimum atomic E-state index is -0.203. The fraction of sp³-hybridized carbons (Fsp3) is 0.222. The topological polar surface area (TPSA) is 41.1 Å². The van der Waals surface area contributed by atoms with E-state index in [4.69, 9.17) is 12.2 Å². The Bertz CT molecular complexity index is 693. The Hall–Kier alpha value is -2.20. The first-order valence-corrected chi connectivity index (χ1v) is 7.69. The molecule has 0 unspecified atom stereocenters. The normalized spacial score (nSPS) is 10.1. The molecule has 114 valence electrons. The third-order valence-corrected chi connectivity index (χ3v) is 3.91. The second-order valence-electron chi connectivity index (χ2n) is 5.21. The number of aryl methyl sites for hydroxylation is 2. The summed E-state index contributed by atoms with van der Waals surface area (Å²) in [5.41, 5.74) is 5.00. The van der Waals surface area contributed by atoms with Crippen LogP contribution >= 0.6 is 12.2 Å². The molecule has 2 N–H and O–H groups in total. The predicted octanol–water partition coefficient (Wildman–Crippen LogP) is 3.99. The average Bonchev–Trinajstić information content (AvgIpc) is 2.52. The summed E-state index contributed by atoms with van der Waals surface area (Å²) in [6, 6.07) is 13.5. The van der Waals surface area contributed by atoms with Crippen LogP contribution in [0.4, 0.5) is 5.69 Å². The maximum absolute atomic E-state index is 12.2. The van der Waals surface area contributed by atoms with E-state index in [2.05, 4.69) is 17.6 Å². The lowest BCUT2D eigenvalue weighted by molar-refractivity contribution is 0.0977. The molecule has 2 aromatic rings. The number of nitrogens with one attached hydrogen (secondary N) is 2. The number of rotatable bonds is 3. The van der Waals surface area contributed by atoms with Gasteiger partial charge in [0.2, 0.25) is 0 Å². The van der Waals surface area contributed by atoms with Crippen LogP contribution in [0.2, 0.25) is 0 Å². The van der Waals surface area contributed by atoms with Crippen LogP contribution < -0.4 is 10.6 Å². The van der Waals surface area contributed by atoms with Gasteiger partial charge in [0, 0.05) is 11.3 Å². The highest BCUT2D eigenvalue weighted by Crippen LogP contribution is 2.17. The van der Waals surface area contributed by atoms with Gasteiger partial charge in [0.05, 0.1) is 0 Å². The molecule has 1 amide bonds. The fourth-order valence-electron chi connectivity index (χ4n) is 2.11. The van der Waals surface area contributed by atoms with Crippen LogP contribution in [0.3, 0.4) is 0 Å². The number of amides is 1. The van der Waals surface area contributed by atoms with Gasteiger partial charge in [-0.05, 0) is 67.4 Å². The highest BCUT2D eigenvalue weighted by atomic mass is 32.1. The first kappa shape index (κ1) is 16.2. The number of thiocarbonyl (C=S) groups is 1. The van der Waals surface area contributed by atoms with Crippen molar-refractivity contribution >= 4 is 28.9 Å². The molecule has 0 bridgehead atoms. The SMILES string of the molecule is CCc1ccc(C(=O)NC(=S)Nc2cccc(C)c2C)cc1. The zero-order chi connectivity index (χ0) is 16.1. The van der Waals surface area contributed by atoms with Crippen LogP contribution in [0.1, 0.15) is 34.0 Å². The lowest BCUT2D eigenvalue weighted by Gasteiger charge is -2.13. The third-order valence-electron chi connectivity index (χ3n) is 3.70. The molecule has 0 saturated carbocycles. The monoisotopic (exact) mass is 312 g/mol. The zero-order valence-electron chi connectivity index (χ0n) is 13.1. The Labute approximate surface area is 136 Å². The number of anilines is 1. The summed E-state index contributed by atoms with van der Waals surface area (Å²) >= 11 is 5.22. The third kappa shape index (κ3) is 3.92. The molecule has 22 heavy (non-hydrogen) atoms. The standard InChI is InChI=1S/C18H20N2OS/c1-4-14-8-10-15(11-9-14)17(21)20-18(22)19-16-7-5-6-12(2)13(16)3/h5-11H,4H2,1-3H3,(H2,19,20,21,22). The van der Waals surface area contributed by atoms with Crippen molar-refractivity contribution in [3.05, 3.63) is 64.7 Å². The molecule has 0 saturated heterocycles. The second kappa shape index (κ2) is 7.18. The van der Waals surface area contributed by atoms with E-state index in [0.29, 0.717) is 10.7 Å². The number of carbonyl (C=O) groups excluding carboxylic acids is 1. The van der Waals surface area contributed by atoms with Gasteiger partial charge in [0.25, 0.3) is 5.91 Å². The van der Waals surface area contributed by atoms with Crippen molar-refractivity contribution in [3.8, 4) is 0 Å². The zero-order valence-corrected chi connectivity index (χ0v) is 13.9. The van der Waals surface area contributed by atoms with E-state index in [9.17, 15) is 4.79 Å². The van der Waals surface area contributed by atoms with Crippen LogP contribution in [0.25, 0.3) is 0 Å². The minimum Gasteiger partial charge on any atom is -0.332 e. The number of carbonyl (C=O) groups is 1. The van der Waals surface area contributed by atoms with E-state index in [-0.39, 0.29) is 5.91 Å². The molecule has 0 aliphatic rings. The van der Waals surface area contributed by atoms with Gasteiger partial charge < -0.3 is 5.32 Å². The molecule has 2 aromatic carbocycles. The highest BCUT2D eigenvalue weighted by Gasteiger charge is 2.09. The molecule has 0 aliphatic heterocycles. The van der Waals surface area contributed by atoms with E-state index >= 15 is 0 Å². The first-order chi connectivity index (χ1) is 10.5. The smallest absolute Gasteiger partial charge is 0.257 e. The van der Waals surface area contributed by atoms with Crippen LogP contribution in [-0.2, 0) is 6.42 Å². The Morgan fingerprint density at radius 3 is 2.41 bits per heavy atom. The van der Waals surface area contributed by atoms with E-state index < -0.39 is 0 Å². The van der Waals surface area contributed by atoms with Gasteiger partial charge in [0.1, 0.15) is 0 Å². The molecule has 0 aliphatic carbocycles. The van der Waals surface area contributed by atoms with E-state index in [1.807, 2.05) is 56.3 Å². The Morgan fingerprint density at radius 2 is 1.77 bits per heavy atom. The van der Waals surface area contributed by atoms with Crippen molar-refractivity contribution in [2.75, 3.05) is 5.32 Å². The van der Waals surface area contributed by atoms with Crippen molar-refractivity contribution in [1.82, 2.24) is 5.32 Å². The summed E-state index contributed by atoms with van der Waals surface area (Å²) in [6.45, 7) is 6.14. The van der Waals surface area contributed by atoms with Crippen LogP contribution in [-0.4, -0.2) is 11.0 Å². The summed E-state index contributed by atoms with van der Waals surface area (Å²) < 4.78 is 0. The molecule has 4 heteroatoms. The maximum atomic E-state index is 12.2. The summed E-state index contributed by atoms with van der Waals surface area (Å²) in [5.74, 6) is -0.203. The summed E-state index contributed by atoms with van der Waals surface area (Å²) in [6.07, 6.45) is 0.953. The van der Waals surface area contributed by atoms with Gasteiger partial charge in [-0.25, -0.2) is 0 Å². The highest BCUT2D eigenvalue weighted by molar-refractivity contribution is 7.80. The molecule has 2 rings (SSSR count). The lowest BCUT2D eigenvalue weighted by atomic mass is 10.1. The number of hydrogen-bond acceptors (Lipinski definition) is 2. The summed E-state index contributed by atoms with van der Waals surface area (Å²) in [4.78, 5) is 12.2. The van der Waals surface area contributed by atoms with Gasteiger partial charge in [-0.3, -0.25) is 10.1 Å². The molecular formula is C18H20N2OS. The Kier molecular flexibility index (Phi) is 5.28.